The van der Waals surface area contributed by atoms with Gasteiger partial charge in [0.1, 0.15) is 24.1 Å². The topological polar surface area (TPSA) is 168 Å². The zero-order valence-corrected chi connectivity index (χ0v) is 10.0. The van der Waals surface area contributed by atoms with Crippen LogP contribution in [0.15, 0.2) is 17.1 Å². The molecule has 10 heteroatoms. The molecule has 20 heavy (non-hydrogen) atoms. The number of carboxylic acid groups (broad SMARTS) is 1. The number of anilines is 1. The molecule has 0 aliphatic carbocycles. The standard InChI is InChI=1S/C10H13N3O7/c11-3-1-2-13(10(19)12-3)8-5(15)4(14)7(20-8)6(16)9(17)18/h1-2,4-8,14-16H,(H,17,18)(H2,11,12,19)/t4-,5+,6?,7-,8+/m0/s1. The van der Waals surface area contributed by atoms with Gasteiger partial charge in [0, 0.05) is 6.20 Å². The number of nitrogens with zero attached hydrogens (tertiary/aromatic N) is 2. The second-order valence-corrected chi connectivity index (χ2v) is 4.30. The second kappa shape index (κ2) is 5.17. The zero-order chi connectivity index (χ0) is 15.0. The summed E-state index contributed by atoms with van der Waals surface area (Å²) in [5.74, 6) is -1.66. The average molecular weight is 287 g/mol. The van der Waals surface area contributed by atoms with E-state index in [0.717, 1.165) is 4.57 Å². The predicted molar refractivity (Wildman–Crippen MR) is 62.5 cm³/mol. The summed E-state index contributed by atoms with van der Waals surface area (Å²) >= 11 is 0. The van der Waals surface area contributed by atoms with Crippen LogP contribution in [0.4, 0.5) is 5.82 Å². The van der Waals surface area contributed by atoms with Crippen molar-refractivity contribution in [1.29, 1.82) is 0 Å². The van der Waals surface area contributed by atoms with Crippen LogP contribution in [-0.2, 0) is 9.53 Å². The Bertz CT molecular complexity index is 574. The molecule has 1 saturated heterocycles. The number of aromatic nitrogens is 2. The number of aliphatic hydroxyl groups excluding tert-OH is 3. The summed E-state index contributed by atoms with van der Waals surface area (Å²) in [7, 11) is 0. The van der Waals surface area contributed by atoms with Crippen LogP contribution in [0.25, 0.3) is 0 Å². The van der Waals surface area contributed by atoms with E-state index in [4.69, 9.17) is 15.6 Å². The number of aliphatic carboxylic acids is 1. The summed E-state index contributed by atoms with van der Waals surface area (Å²) < 4.78 is 5.91. The van der Waals surface area contributed by atoms with Crippen LogP contribution in [-0.4, -0.2) is 60.4 Å². The highest BCUT2D eigenvalue weighted by molar-refractivity contribution is 5.72. The van der Waals surface area contributed by atoms with E-state index in [0.29, 0.717) is 0 Å². The largest absolute Gasteiger partial charge is 0.479 e. The molecule has 5 atom stereocenters. The fraction of sp³-hybridized carbons (Fsp3) is 0.500. The van der Waals surface area contributed by atoms with Gasteiger partial charge in [0.2, 0.25) is 0 Å². The molecule has 1 aromatic rings. The summed E-state index contributed by atoms with van der Waals surface area (Å²) in [4.78, 5) is 25.7. The highest BCUT2D eigenvalue weighted by Crippen LogP contribution is 2.30. The van der Waals surface area contributed by atoms with Gasteiger partial charge in [-0.2, -0.15) is 4.98 Å². The van der Waals surface area contributed by atoms with E-state index < -0.39 is 42.3 Å². The molecule has 1 fully saturated rings. The van der Waals surface area contributed by atoms with E-state index >= 15 is 0 Å². The molecule has 110 valence electrons. The Morgan fingerprint density at radius 3 is 2.65 bits per heavy atom. The summed E-state index contributed by atoms with van der Waals surface area (Å²) in [5.41, 5.74) is 4.47. The Labute approximate surface area is 111 Å². The average Bonchev–Trinajstić information content (AvgIpc) is 2.66. The van der Waals surface area contributed by atoms with E-state index in [1.54, 1.807) is 0 Å². The second-order valence-electron chi connectivity index (χ2n) is 4.30. The summed E-state index contributed by atoms with van der Waals surface area (Å²) in [6.45, 7) is 0. The monoisotopic (exact) mass is 287 g/mol. The van der Waals surface area contributed by atoms with Crippen molar-refractivity contribution < 1.29 is 30.0 Å². The molecule has 10 nitrogen and oxygen atoms in total. The van der Waals surface area contributed by atoms with Gasteiger partial charge in [0.25, 0.3) is 0 Å². The van der Waals surface area contributed by atoms with Crippen molar-refractivity contribution in [3.8, 4) is 0 Å². The van der Waals surface area contributed by atoms with Crippen LogP contribution in [0.2, 0.25) is 0 Å². The third-order valence-corrected chi connectivity index (χ3v) is 2.97. The lowest BCUT2D eigenvalue weighted by atomic mass is 10.1. The van der Waals surface area contributed by atoms with Crippen LogP contribution >= 0.6 is 0 Å². The molecular formula is C10H13N3O7. The van der Waals surface area contributed by atoms with Gasteiger partial charge in [-0.05, 0) is 6.07 Å². The van der Waals surface area contributed by atoms with Crippen molar-refractivity contribution in [2.75, 3.05) is 5.73 Å². The number of carboxylic acids is 1. The Balaban J connectivity index is 2.30. The number of nitrogen functional groups attached to an aromatic ring is 1. The Hall–Kier alpha value is -2.01. The van der Waals surface area contributed by atoms with Crippen LogP contribution < -0.4 is 11.4 Å². The van der Waals surface area contributed by atoms with Crippen molar-refractivity contribution in [3.63, 3.8) is 0 Å². The number of nitrogens with two attached hydrogens (primary N) is 1. The third kappa shape index (κ3) is 2.36. The van der Waals surface area contributed by atoms with E-state index in [1.165, 1.54) is 12.3 Å². The quantitative estimate of drug-likeness (QED) is 0.386. The molecule has 0 bridgehead atoms. The first-order chi connectivity index (χ1) is 9.32. The molecule has 1 aliphatic heterocycles. The zero-order valence-electron chi connectivity index (χ0n) is 10.0. The molecule has 1 unspecified atom stereocenters. The minimum atomic E-state index is -2.04. The smallest absolute Gasteiger partial charge is 0.351 e. The van der Waals surface area contributed by atoms with Gasteiger partial charge in [-0.25, -0.2) is 9.59 Å². The molecule has 2 heterocycles. The number of carbonyl (C=O) groups is 1. The lowest BCUT2D eigenvalue weighted by Gasteiger charge is -2.17. The van der Waals surface area contributed by atoms with Gasteiger partial charge in [0.05, 0.1) is 0 Å². The van der Waals surface area contributed by atoms with E-state index in [-0.39, 0.29) is 5.82 Å². The maximum absolute atomic E-state index is 11.6. The SMILES string of the molecule is Nc1ccn([C@@H]2O[C@H](C(O)C(=O)O)[C@@H](O)[C@H]2O)c(=O)n1. The number of hydrogen-bond acceptors (Lipinski definition) is 8. The van der Waals surface area contributed by atoms with Gasteiger partial charge >= 0.3 is 11.7 Å². The van der Waals surface area contributed by atoms with Gasteiger partial charge in [0.15, 0.2) is 12.3 Å². The lowest BCUT2D eigenvalue weighted by molar-refractivity contribution is -0.160. The normalized spacial score (nSPS) is 31.1. The predicted octanol–water partition coefficient (Wildman–Crippen LogP) is -3.11. The molecule has 0 radical (unpaired) electrons. The molecule has 0 aromatic carbocycles. The van der Waals surface area contributed by atoms with Crippen molar-refractivity contribution in [3.05, 3.63) is 22.7 Å². The first kappa shape index (κ1) is 14.4. The Kier molecular flexibility index (Phi) is 3.72. The minimum Gasteiger partial charge on any atom is -0.479 e. The van der Waals surface area contributed by atoms with Gasteiger partial charge < -0.3 is 30.9 Å². The molecule has 1 aromatic heterocycles. The van der Waals surface area contributed by atoms with Crippen molar-refractivity contribution in [2.24, 2.45) is 0 Å². The highest BCUT2D eigenvalue weighted by atomic mass is 16.6. The summed E-state index contributed by atoms with van der Waals surface area (Å²) in [6, 6.07) is 1.27. The maximum atomic E-state index is 11.6. The van der Waals surface area contributed by atoms with Crippen LogP contribution in [0.5, 0.6) is 0 Å². The molecule has 0 saturated carbocycles. The first-order valence-electron chi connectivity index (χ1n) is 5.60. The third-order valence-electron chi connectivity index (χ3n) is 2.97. The number of aliphatic hydroxyl groups is 3. The fourth-order valence-electron chi connectivity index (χ4n) is 1.94. The molecule has 0 spiro atoms. The van der Waals surface area contributed by atoms with Gasteiger partial charge in [-0.3, -0.25) is 4.57 Å². The summed E-state index contributed by atoms with van der Waals surface area (Å²) in [6.07, 6.45) is -7.07. The maximum Gasteiger partial charge on any atom is 0.351 e. The van der Waals surface area contributed by atoms with Crippen molar-refractivity contribution in [2.45, 2.75) is 30.6 Å². The summed E-state index contributed by atoms with van der Waals surface area (Å²) in [5, 5.41) is 37.6. The Morgan fingerprint density at radius 2 is 2.10 bits per heavy atom. The van der Waals surface area contributed by atoms with Gasteiger partial charge in [-0.15, -0.1) is 0 Å². The fourth-order valence-corrected chi connectivity index (χ4v) is 1.94. The van der Waals surface area contributed by atoms with Crippen LogP contribution in [0.3, 0.4) is 0 Å². The highest BCUT2D eigenvalue weighted by Gasteiger charge is 2.49. The molecular weight excluding hydrogens is 274 g/mol. The number of hydrogen-bond donors (Lipinski definition) is 5. The van der Waals surface area contributed by atoms with E-state index in [1.807, 2.05) is 0 Å². The lowest BCUT2D eigenvalue weighted by Crippen LogP contribution is -2.42. The first-order valence-corrected chi connectivity index (χ1v) is 5.60. The van der Waals surface area contributed by atoms with E-state index in [2.05, 4.69) is 4.98 Å². The van der Waals surface area contributed by atoms with Crippen molar-refractivity contribution in [1.82, 2.24) is 9.55 Å². The molecule has 0 amide bonds. The molecule has 1 aliphatic rings. The number of rotatable bonds is 3. The van der Waals surface area contributed by atoms with Crippen LogP contribution in [0, 0.1) is 0 Å². The van der Waals surface area contributed by atoms with Crippen LogP contribution in [0.1, 0.15) is 6.23 Å². The van der Waals surface area contributed by atoms with Gasteiger partial charge in [-0.1, -0.05) is 0 Å². The molecule has 6 N–H and O–H groups in total. The Morgan fingerprint density at radius 1 is 1.45 bits per heavy atom. The minimum absolute atomic E-state index is 0.0404. The molecule has 2 rings (SSSR count). The van der Waals surface area contributed by atoms with E-state index in [9.17, 15) is 24.9 Å². The number of ether oxygens (including phenoxy) is 1. The van der Waals surface area contributed by atoms with Crippen molar-refractivity contribution >= 4 is 11.8 Å².